The molecular weight excluding hydrogens is 198 g/mol. The Balaban J connectivity index is 2.49. The topological polar surface area (TPSA) is 21.3 Å². The molecule has 0 amide bonds. The van der Waals surface area contributed by atoms with E-state index in [1.807, 2.05) is 0 Å². The van der Waals surface area contributed by atoms with E-state index in [4.69, 9.17) is 4.74 Å². The number of ether oxygens (including phenoxy) is 1. The molecule has 0 aliphatic rings. The number of nitrogens with one attached hydrogen (secondary N) is 1. The van der Waals surface area contributed by atoms with Crippen LogP contribution < -0.4 is 5.32 Å². The van der Waals surface area contributed by atoms with Gasteiger partial charge >= 0.3 is 0 Å². The van der Waals surface area contributed by atoms with Crippen molar-refractivity contribution in [2.45, 2.75) is 20.3 Å². The molecule has 0 aliphatic heterocycles. The van der Waals surface area contributed by atoms with Gasteiger partial charge in [0.05, 0.1) is 6.61 Å². The van der Waals surface area contributed by atoms with Crippen LogP contribution in [0.1, 0.15) is 18.1 Å². The molecule has 1 aromatic rings. The molecule has 1 rings (SSSR count). The van der Waals surface area contributed by atoms with Crippen molar-refractivity contribution in [2.24, 2.45) is 5.92 Å². The molecule has 0 spiro atoms. The van der Waals surface area contributed by atoms with Crippen LogP contribution in [-0.2, 0) is 11.2 Å². The van der Waals surface area contributed by atoms with Gasteiger partial charge < -0.3 is 10.1 Å². The number of methoxy groups -OCH3 is 1. The van der Waals surface area contributed by atoms with E-state index >= 15 is 0 Å². The van der Waals surface area contributed by atoms with Gasteiger partial charge in [0.15, 0.2) is 0 Å². The normalized spacial score (nSPS) is 12.7. The maximum Gasteiger partial charge on any atom is 0.0505 e. The van der Waals surface area contributed by atoms with Gasteiger partial charge in [0.2, 0.25) is 0 Å². The number of hydrogen-bond donors (Lipinski definition) is 1. The van der Waals surface area contributed by atoms with Gasteiger partial charge in [-0.2, -0.15) is 0 Å². The summed E-state index contributed by atoms with van der Waals surface area (Å²) in [6, 6.07) is 8.77. The van der Waals surface area contributed by atoms with E-state index in [0.717, 1.165) is 26.1 Å². The van der Waals surface area contributed by atoms with Gasteiger partial charge in [-0.3, -0.25) is 0 Å². The number of benzene rings is 1. The fourth-order valence-electron chi connectivity index (χ4n) is 1.83. The SMILES string of the molecule is CCNCC(COC)Cc1ccc(C)cc1. The van der Waals surface area contributed by atoms with Gasteiger partial charge in [-0.25, -0.2) is 0 Å². The molecule has 0 aliphatic carbocycles. The van der Waals surface area contributed by atoms with Gasteiger partial charge in [0.25, 0.3) is 0 Å². The van der Waals surface area contributed by atoms with E-state index in [-0.39, 0.29) is 0 Å². The quantitative estimate of drug-likeness (QED) is 0.763. The monoisotopic (exact) mass is 221 g/mol. The lowest BCUT2D eigenvalue weighted by Crippen LogP contribution is -2.27. The largest absolute Gasteiger partial charge is 0.384 e. The maximum atomic E-state index is 5.26. The van der Waals surface area contributed by atoms with Crippen molar-refractivity contribution in [2.75, 3.05) is 26.8 Å². The molecule has 1 unspecified atom stereocenters. The van der Waals surface area contributed by atoms with Crippen LogP contribution in [0.3, 0.4) is 0 Å². The first-order valence-electron chi connectivity index (χ1n) is 6.01. The lowest BCUT2D eigenvalue weighted by atomic mass is 9.99. The molecule has 0 bridgehead atoms. The average Bonchev–Trinajstić information content (AvgIpc) is 2.29. The highest BCUT2D eigenvalue weighted by atomic mass is 16.5. The van der Waals surface area contributed by atoms with E-state index in [0.29, 0.717) is 5.92 Å². The first-order chi connectivity index (χ1) is 7.76. The van der Waals surface area contributed by atoms with Crippen molar-refractivity contribution in [3.8, 4) is 0 Å². The van der Waals surface area contributed by atoms with Crippen LogP contribution in [0.25, 0.3) is 0 Å². The van der Waals surface area contributed by atoms with E-state index in [9.17, 15) is 0 Å². The summed E-state index contributed by atoms with van der Waals surface area (Å²) >= 11 is 0. The fraction of sp³-hybridized carbons (Fsp3) is 0.571. The fourth-order valence-corrected chi connectivity index (χ4v) is 1.83. The summed E-state index contributed by atoms with van der Waals surface area (Å²) in [5, 5.41) is 3.38. The highest BCUT2D eigenvalue weighted by Gasteiger charge is 2.08. The molecule has 90 valence electrons. The second kappa shape index (κ2) is 7.42. The minimum Gasteiger partial charge on any atom is -0.384 e. The van der Waals surface area contributed by atoms with Crippen molar-refractivity contribution < 1.29 is 4.74 Å². The Morgan fingerprint density at radius 1 is 1.25 bits per heavy atom. The molecule has 0 saturated heterocycles. The summed E-state index contributed by atoms with van der Waals surface area (Å²) in [5.41, 5.74) is 2.71. The van der Waals surface area contributed by atoms with E-state index in [2.05, 4.69) is 43.4 Å². The van der Waals surface area contributed by atoms with Crippen LogP contribution in [-0.4, -0.2) is 26.8 Å². The summed E-state index contributed by atoms with van der Waals surface area (Å²) < 4.78 is 5.26. The second-order valence-corrected chi connectivity index (χ2v) is 4.32. The Morgan fingerprint density at radius 3 is 2.50 bits per heavy atom. The minimum atomic E-state index is 0.563. The van der Waals surface area contributed by atoms with Crippen LogP contribution in [0.5, 0.6) is 0 Å². The van der Waals surface area contributed by atoms with E-state index < -0.39 is 0 Å². The molecule has 0 fully saturated rings. The van der Waals surface area contributed by atoms with E-state index in [1.54, 1.807) is 7.11 Å². The van der Waals surface area contributed by atoms with Crippen LogP contribution in [0.15, 0.2) is 24.3 Å². The van der Waals surface area contributed by atoms with Crippen molar-refractivity contribution in [3.63, 3.8) is 0 Å². The number of rotatable bonds is 7. The number of aryl methyl sites for hydroxylation is 1. The molecule has 0 heterocycles. The average molecular weight is 221 g/mol. The zero-order valence-electron chi connectivity index (χ0n) is 10.6. The molecule has 2 heteroatoms. The molecule has 0 aromatic heterocycles. The smallest absolute Gasteiger partial charge is 0.0505 e. The van der Waals surface area contributed by atoms with Crippen molar-refractivity contribution in [1.82, 2.24) is 5.32 Å². The van der Waals surface area contributed by atoms with Crippen molar-refractivity contribution in [3.05, 3.63) is 35.4 Å². The van der Waals surface area contributed by atoms with Gasteiger partial charge in [0, 0.05) is 13.7 Å². The predicted molar refractivity (Wildman–Crippen MR) is 68.8 cm³/mol. The lowest BCUT2D eigenvalue weighted by Gasteiger charge is -2.16. The number of hydrogen-bond acceptors (Lipinski definition) is 2. The standard InChI is InChI=1S/C14H23NO/c1-4-15-10-14(11-16-3)9-13-7-5-12(2)6-8-13/h5-8,14-15H,4,9-11H2,1-3H3. The van der Waals surface area contributed by atoms with Crippen LogP contribution >= 0.6 is 0 Å². The van der Waals surface area contributed by atoms with Gasteiger partial charge in [0.1, 0.15) is 0 Å². The van der Waals surface area contributed by atoms with Crippen molar-refractivity contribution in [1.29, 1.82) is 0 Å². The summed E-state index contributed by atoms with van der Waals surface area (Å²) in [7, 11) is 1.77. The third-order valence-corrected chi connectivity index (χ3v) is 2.73. The summed E-state index contributed by atoms with van der Waals surface area (Å²) in [4.78, 5) is 0. The third kappa shape index (κ3) is 4.77. The Morgan fingerprint density at radius 2 is 1.94 bits per heavy atom. The Bertz CT molecular complexity index is 281. The Kier molecular flexibility index (Phi) is 6.12. The predicted octanol–water partition coefficient (Wildman–Crippen LogP) is 2.41. The Hall–Kier alpha value is -0.860. The zero-order valence-corrected chi connectivity index (χ0v) is 10.6. The molecule has 1 N–H and O–H groups in total. The summed E-state index contributed by atoms with van der Waals surface area (Å²) in [6.07, 6.45) is 1.08. The molecule has 16 heavy (non-hydrogen) atoms. The van der Waals surface area contributed by atoms with Gasteiger partial charge in [-0.1, -0.05) is 36.8 Å². The summed E-state index contributed by atoms with van der Waals surface area (Å²) in [5.74, 6) is 0.563. The first kappa shape index (κ1) is 13.2. The third-order valence-electron chi connectivity index (χ3n) is 2.73. The van der Waals surface area contributed by atoms with Crippen molar-refractivity contribution >= 4 is 0 Å². The van der Waals surface area contributed by atoms with Crippen LogP contribution in [0, 0.1) is 12.8 Å². The summed E-state index contributed by atoms with van der Waals surface area (Å²) in [6.45, 7) is 7.12. The second-order valence-electron chi connectivity index (χ2n) is 4.32. The molecular formula is C14H23NO. The van der Waals surface area contributed by atoms with E-state index in [1.165, 1.54) is 11.1 Å². The highest BCUT2D eigenvalue weighted by molar-refractivity contribution is 5.21. The molecule has 0 radical (unpaired) electrons. The molecule has 1 aromatic carbocycles. The van der Waals surface area contributed by atoms with Crippen LogP contribution in [0.4, 0.5) is 0 Å². The lowest BCUT2D eigenvalue weighted by molar-refractivity contribution is 0.151. The Labute approximate surface area is 99.0 Å². The minimum absolute atomic E-state index is 0.563. The van der Waals surface area contributed by atoms with Gasteiger partial charge in [-0.15, -0.1) is 0 Å². The first-order valence-corrected chi connectivity index (χ1v) is 6.01. The molecule has 2 nitrogen and oxygen atoms in total. The molecule has 1 atom stereocenters. The zero-order chi connectivity index (χ0) is 11.8. The maximum absolute atomic E-state index is 5.26. The van der Waals surface area contributed by atoms with Gasteiger partial charge in [-0.05, 0) is 31.4 Å². The molecule has 0 saturated carbocycles. The highest BCUT2D eigenvalue weighted by Crippen LogP contribution is 2.10. The van der Waals surface area contributed by atoms with Crippen LogP contribution in [0.2, 0.25) is 0 Å².